The van der Waals surface area contributed by atoms with E-state index < -0.39 is 0 Å². The molecule has 0 radical (unpaired) electrons. The van der Waals surface area contributed by atoms with Gasteiger partial charge in [0.1, 0.15) is 5.75 Å². The standard InChI is InChI=1S/C13H10Cl3NO/c1-8-2-3-9(15)6-12(8)18-13-5-4-10(16)11(7-14)17-13/h2-6H,7H2,1H3. The van der Waals surface area contributed by atoms with Gasteiger partial charge in [-0.1, -0.05) is 29.3 Å². The summed E-state index contributed by atoms with van der Waals surface area (Å²) < 4.78 is 5.67. The van der Waals surface area contributed by atoms with E-state index in [1.807, 2.05) is 19.1 Å². The normalized spacial score (nSPS) is 10.4. The van der Waals surface area contributed by atoms with E-state index in [1.54, 1.807) is 18.2 Å². The molecule has 5 heteroatoms. The lowest BCUT2D eigenvalue weighted by Crippen LogP contribution is -1.94. The van der Waals surface area contributed by atoms with Gasteiger partial charge in [0.25, 0.3) is 0 Å². The van der Waals surface area contributed by atoms with Crippen LogP contribution < -0.4 is 4.74 Å². The Hall–Kier alpha value is -0.960. The molecule has 0 bridgehead atoms. The smallest absolute Gasteiger partial charge is 0.219 e. The summed E-state index contributed by atoms with van der Waals surface area (Å²) in [5.74, 6) is 1.35. The van der Waals surface area contributed by atoms with Gasteiger partial charge in [0, 0.05) is 11.1 Å². The van der Waals surface area contributed by atoms with Crippen molar-refractivity contribution in [1.29, 1.82) is 0 Å². The van der Waals surface area contributed by atoms with Gasteiger partial charge < -0.3 is 4.74 Å². The van der Waals surface area contributed by atoms with E-state index in [-0.39, 0.29) is 5.88 Å². The molecule has 0 spiro atoms. The van der Waals surface area contributed by atoms with Gasteiger partial charge in [-0.15, -0.1) is 11.6 Å². The molecule has 0 aliphatic rings. The van der Waals surface area contributed by atoms with Crippen LogP contribution in [0.1, 0.15) is 11.3 Å². The summed E-state index contributed by atoms with van der Waals surface area (Å²) in [6, 6.07) is 8.84. The highest BCUT2D eigenvalue weighted by molar-refractivity contribution is 6.32. The molecule has 0 N–H and O–H groups in total. The minimum atomic E-state index is 0.241. The molecular weight excluding hydrogens is 293 g/mol. The number of hydrogen-bond donors (Lipinski definition) is 0. The van der Waals surface area contributed by atoms with Gasteiger partial charge in [-0.05, 0) is 30.7 Å². The predicted molar refractivity (Wildman–Crippen MR) is 75.1 cm³/mol. The first kappa shape index (κ1) is 13.5. The molecule has 1 heterocycles. The van der Waals surface area contributed by atoms with Crippen LogP contribution in [0.15, 0.2) is 30.3 Å². The summed E-state index contributed by atoms with van der Waals surface area (Å²) in [5, 5.41) is 1.14. The molecule has 0 saturated carbocycles. The number of ether oxygens (including phenoxy) is 1. The van der Waals surface area contributed by atoms with E-state index in [9.17, 15) is 0 Å². The van der Waals surface area contributed by atoms with Crippen LogP contribution in [0.4, 0.5) is 0 Å². The third kappa shape index (κ3) is 3.08. The molecular formula is C13H10Cl3NO. The van der Waals surface area contributed by atoms with Crippen molar-refractivity contribution in [3.8, 4) is 11.6 Å². The third-order valence-electron chi connectivity index (χ3n) is 2.38. The number of benzene rings is 1. The van der Waals surface area contributed by atoms with Gasteiger partial charge in [0.2, 0.25) is 5.88 Å². The van der Waals surface area contributed by atoms with Gasteiger partial charge in [-0.3, -0.25) is 0 Å². The first-order valence-corrected chi connectivity index (χ1v) is 6.54. The van der Waals surface area contributed by atoms with Crippen LogP contribution in [0.25, 0.3) is 0 Å². The third-order valence-corrected chi connectivity index (χ3v) is 3.22. The van der Waals surface area contributed by atoms with E-state index in [0.29, 0.717) is 27.4 Å². The van der Waals surface area contributed by atoms with Crippen molar-refractivity contribution in [3.63, 3.8) is 0 Å². The van der Waals surface area contributed by atoms with E-state index in [4.69, 9.17) is 39.5 Å². The van der Waals surface area contributed by atoms with E-state index in [0.717, 1.165) is 5.56 Å². The fraction of sp³-hybridized carbons (Fsp3) is 0.154. The van der Waals surface area contributed by atoms with E-state index >= 15 is 0 Å². The fourth-order valence-corrected chi connectivity index (χ4v) is 2.02. The lowest BCUT2D eigenvalue weighted by molar-refractivity contribution is 0.458. The molecule has 2 rings (SSSR count). The maximum Gasteiger partial charge on any atom is 0.219 e. The molecule has 2 aromatic rings. The molecule has 0 aliphatic heterocycles. The Morgan fingerprint density at radius 2 is 1.94 bits per heavy atom. The molecule has 1 aromatic carbocycles. The highest BCUT2D eigenvalue weighted by Gasteiger charge is 2.07. The Morgan fingerprint density at radius 3 is 2.67 bits per heavy atom. The van der Waals surface area contributed by atoms with Gasteiger partial charge >= 0.3 is 0 Å². The van der Waals surface area contributed by atoms with Crippen LogP contribution in [0, 0.1) is 6.92 Å². The minimum Gasteiger partial charge on any atom is -0.439 e. The number of hydrogen-bond acceptors (Lipinski definition) is 2. The second-order valence-electron chi connectivity index (χ2n) is 3.72. The molecule has 0 atom stereocenters. The molecule has 2 nitrogen and oxygen atoms in total. The zero-order chi connectivity index (χ0) is 13.1. The van der Waals surface area contributed by atoms with Crippen LogP contribution >= 0.6 is 34.8 Å². The Labute approximate surface area is 120 Å². The number of alkyl halides is 1. The molecule has 0 unspecified atom stereocenters. The second-order valence-corrected chi connectivity index (χ2v) is 4.83. The first-order valence-electron chi connectivity index (χ1n) is 5.25. The highest BCUT2D eigenvalue weighted by Crippen LogP contribution is 2.28. The van der Waals surface area contributed by atoms with Crippen molar-refractivity contribution < 1.29 is 4.74 Å². The van der Waals surface area contributed by atoms with Gasteiger partial charge in [0.05, 0.1) is 16.6 Å². The maximum atomic E-state index is 5.93. The topological polar surface area (TPSA) is 22.1 Å². The number of halogens is 3. The lowest BCUT2D eigenvalue weighted by atomic mass is 10.2. The molecule has 0 saturated heterocycles. The summed E-state index contributed by atoms with van der Waals surface area (Å²) in [7, 11) is 0. The van der Waals surface area contributed by atoms with Crippen LogP contribution in [0.2, 0.25) is 10.0 Å². The Balaban J connectivity index is 2.31. The number of aryl methyl sites for hydroxylation is 1. The fourth-order valence-electron chi connectivity index (χ4n) is 1.41. The summed E-state index contributed by atoms with van der Waals surface area (Å²) >= 11 is 17.6. The van der Waals surface area contributed by atoms with Crippen LogP contribution in [0.3, 0.4) is 0 Å². The summed E-state index contributed by atoms with van der Waals surface area (Å²) in [4.78, 5) is 4.23. The van der Waals surface area contributed by atoms with Crippen LogP contribution in [-0.4, -0.2) is 4.98 Å². The van der Waals surface area contributed by atoms with Crippen molar-refractivity contribution in [2.24, 2.45) is 0 Å². The molecule has 0 fully saturated rings. The molecule has 0 amide bonds. The minimum absolute atomic E-state index is 0.241. The quantitative estimate of drug-likeness (QED) is 0.724. The Morgan fingerprint density at radius 1 is 1.17 bits per heavy atom. The molecule has 94 valence electrons. The van der Waals surface area contributed by atoms with E-state index in [2.05, 4.69) is 4.98 Å². The number of pyridine rings is 1. The number of nitrogens with zero attached hydrogens (tertiary/aromatic N) is 1. The van der Waals surface area contributed by atoms with Crippen molar-refractivity contribution in [2.45, 2.75) is 12.8 Å². The summed E-state index contributed by atoms with van der Waals surface area (Å²) in [6.07, 6.45) is 0. The SMILES string of the molecule is Cc1ccc(Cl)cc1Oc1ccc(Cl)c(CCl)n1. The second kappa shape index (κ2) is 5.79. The Bertz CT molecular complexity index is 572. The van der Waals surface area contributed by atoms with Crippen molar-refractivity contribution >= 4 is 34.8 Å². The van der Waals surface area contributed by atoms with Gasteiger partial charge in [-0.25, -0.2) is 4.98 Å². The highest BCUT2D eigenvalue weighted by atomic mass is 35.5. The molecule has 1 aromatic heterocycles. The lowest BCUT2D eigenvalue weighted by Gasteiger charge is -2.09. The van der Waals surface area contributed by atoms with Gasteiger partial charge in [-0.2, -0.15) is 0 Å². The largest absolute Gasteiger partial charge is 0.439 e. The van der Waals surface area contributed by atoms with Crippen LogP contribution in [-0.2, 0) is 5.88 Å². The predicted octanol–water partition coefficient (Wildman–Crippen LogP) is 5.23. The first-order chi connectivity index (χ1) is 8.60. The average Bonchev–Trinajstić information content (AvgIpc) is 2.36. The maximum absolute atomic E-state index is 5.93. The van der Waals surface area contributed by atoms with Gasteiger partial charge in [0.15, 0.2) is 0 Å². The van der Waals surface area contributed by atoms with Crippen LogP contribution in [0.5, 0.6) is 11.6 Å². The monoisotopic (exact) mass is 301 g/mol. The van der Waals surface area contributed by atoms with E-state index in [1.165, 1.54) is 0 Å². The molecule has 18 heavy (non-hydrogen) atoms. The zero-order valence-corrected chi connectivity index (χ0v) is 11.9. The van der Waals surface area contributed by atoms with Crippen molar-refractivity contribution in [3.05, 3.63) is 51.6 Å². The molecule has 0 aliphatic carbocycles. The number of aromatic nitrogens is 1. The van der Waals surface area contributed by atoms with Crippen molar-refractivity contribution in [2.75, 3.05) is 0 Å². The zero-order valence-electron chi connectivity index (χ0n) is 9.58. The number of rotatable bonds is 3. The Kier molecular flexibility index (Phi) is 4.33. The van der Waals surface area contributed by atoms with Crippen molar-refractivity contribution in [1.82, 2.24) is 4.98 Å². The average molecular weight is 303 g/mol. The summed E-state index contributed by atoms with van der Waals surface area (Å²) in [6.45, 7) is 1.93. The summed E-state index contributed by atoms with van der Waals surface area (Å²) in [5.41, 5.74) is 1.57.